The summed E-state index contributed by atoms with van der Waals surface area (Å²) in [5.74, 6) is 0. The summed E-state index contributed by atoms with van der Waals surface area (Å²) in [6, 6.07) is 3.63. The topological polar surface area (TPSA) is 38.9 Å². The maximum atomic E-state index is 5.71. The van der Waals surface area contributed by atoms with Gasteiger partial charge in [-0.15, -0.1) is 19.0 Å². The van der Waals surface area contributed by atoms with Crippen LogP contribution in [0, 0.1) is 0 Å². The molecule has 1 atom stereocenters. The third-order valence-corrected chi connectivity index (χ3v) is 2.06. The van der Waals surface area contributed by atoms with Gasteiger partial charge in [0.1, 0.15) is 4.60 Å². The molecule has 4 heteroatoms. The van der Waals surface area contributed by atoms with Crippen LogP contribution in [0.3, 0.4) is 0 Å². The Morgan fingerprint density at radius 2 is 2.33 bits per heavy atom. The van der Waals surface area contributed by atoms with E-state index in [2.05, 4.69) is 27.5 Å². The number of nitrogens with two attached hydrogens (primary N) is 1. The first-order valence-corrected chi connectivity index (χ1v) is 4.03. The zero-order chi connectivity index (χ0) is 8.27. The van der Waals surface area contributed by atoms with Crippen molar-refractivity contribution < 1.29 is 0 Å². The van der Waals surface area contributed by atoms with E-state index >= 15 is 0 Å². The van der Waals surface area contributed by atoms with Gasteiger partial charge in [-0.05, 0) is 22.0 Å². The largest absolute Gasteiger partial charge is 0.321 e. The lowest BCUT2D eigenvalue weighted by Crippen LogP contribution is -2.07. The normalized spacial score (nSPS) is 11.5. The zero-order valence-corrected chi connectivity index (χ0v) is 8.81. The monoisotopic (exact) mass is 248 g/mol. The van der Waals surface area contributed by atoms with Gasteiger partial charge in [0.2, 0.25) is 0 Å². The quantitative estimate of drug-likeness (QED) is 0.646. The molecule has 66 valence electrons. The van der Waals surface area contributed by atoms with Crippen LogP contribution in [-0.2, 0) is 0 Å². The molecule has 0 fully saturated rings. The maximum absolute atomic E-state index is 5.71. The van der Waals surface area contributed by atoms with Gasteiger partial charge in [-0.1, -0.05) is 12.1 Å². The van der Waals surface area contributed by atoms with Crippen LogP contribution in [0.15, 0.2) is 35.6 Å². The van der Waals surface area contributed by atoms with Crippen molar-refractivity contribution >= 4 is 28.3 Å². The molecule has 2 N–H and O–H groups in total. The van der Waals surface area contributed by atoms with Crippen molar-refractivity contribution in [3.05, 3.63) is 41.2 Å². The van der Waals surface area contributed by atoms with Gasteiger partial charge in [-0.25, -0.2) is 4.98 Å². The van der Waals surface area contributed by atoms with Crippen molar-refractivity contribution in [2.75, 3.05) is 0 Å². The number of aromatic nitrogens is 1. The van der Waals surface area contributed by atoms with E-state index in [0.29, 0.717) is 0 Å². The van der Waals surface area contributed by atoms with Crippen LogP contribution in [0.1, 0.15) is 11.6 Å². The fourth-order valence-electron chi connectivity index (χ4n) is 0.774. The van der Waals surface area contributed by atoms with Gasteiger partial charge in [0.25, 0.3) is 0 Å². The molecule has 0 aliphatic heterocycles. The zero-order valence-electron chi connectivity index (χ0n) is 6.40. The highest BCUT2D eigenvalue weighted by atomic mass is 79.9. The van der Waals surface area contributed by atoms with E-state index in [1.54, 1.807) is 12.3 Å². The van der Waals surface area contributed by atoms with Crippen LogP contribution >= 0.6 is 28.3 Å². The highest BCUT2D eigenvalue weighted by Crippen LogP contribution is 2.19. The molecule has 2 nitrogen and oxygen atoms in total. The van der Waals surface area contributed by atoms with E-state index in [1.165, 1.54) is 0 Å². The Kier molecular flexibility index (Phi) is 5.13. The third kappa shape index (κ3) is 2.59. The maximum Gasteiger partial charge on any atom is 0.111 e. The Morgan fingerprint density at radius 1 is 1.67 bits per heavy atom. The molecule has 0 saturated heterocycles. The predicted octanol–water partition coefficient (Wildman–Crippen LogP) is 2.45. The third-order valence-electron chi connectivity index (χ3n) is 1.40. The lowest BCUT2D eigenvalue weighted by molar-refractivity contribution is 0.893. The van der Waals surface area contributed by atoms with E-state index in [1.807, 2.05) is 12.1 Å². The van der Waals surface area contributed by atoms with Crippen molar-refractivity contribution in [1.29, 1.82) is 0 Å². The Hall–Kier alpha value is -0.380. The molecular formula is C8H10BrClN2. The summed E-state index contributed by atoms with van der Waals surface area (Å²) in [4.78, 5) is 4.04. The van der Waals surface area contributed by atoms with E-state index in [9.17, 15) is 0 Å². The first-order chi connectivity index (χ1) is 5.25. The van der Waals surface area contributed by atoms with Crippen molar-refractivity contribution in [1.82, 2.24) is 4.98 Å². The number of pyridine rings is 1. The molecule has 0 aliphatic carbocycles. The number of hydrogen-bond acceptors (Lipinski definition) is 2. The molecule has 0 unspecified atom stereocenters. The summed E-state index contributed by atoms with van der Waals surface area (Å²) in [5.41, 5.74) is 6.67. The lowest BCUT2D eigenvalue weighted by atomic mass is 10.1. The Labute approximate surface area is 86.4 Å². The van der Waals surface area contributed by atoms with Crippen LogP contribution < -0.4 is 5.73 Å². The van der Waals surface area contributed by atoms with Gasteiger partial charge >= 0.3 is 0 Å². The SMILES string of the molecule is C=C[C@@H](N)c1cccnc1Br.Cl. The molecule has 0 aromatic carbocycles. The minimum atomic E-state index is -0.141. The summed E-state index contributed by atoms with van der Waals surface area (Å²) in [5, 5.41) is 0. The molecule has 12 heavy (non-hydrogen) atoms. The molecule has 0 radical (unpaired) electrons. The average Bonchev–Trinajstić information content (AvgIpc) is 2.04. The van der Waals surface area contributed by atoms with Gasteiger partial charge < -0.3 is 5.73 Å². The number of halogens is 2. The molecule has 1 aromatic heterocycles. The summed E-state index contributed by atoms with van der Waals surface area (Å²) < 4.78 is 0.785. The van der Waals surface area contributed by atoms with Gasteiger partial charge in [0, 0.05) is 11.8 Å². The molecule has 0 spiro atoms. The van der Waals surface area contributed by atoms with Crippen LogP contribution in [0.4, 0.5) is 0 Å². The van der Waals surface area contributed by atoms with Crippen molar-refractivity contribution in [2.24, 2.45) is 5.73 Å². The molecule has 0 aliphatic rings. The molecule has 0 saturated carbocycles. The Morgan fingerprint density at radius 3 is 2.83 bits per heavy atom. The van der Waals surface area contributed by atoms with Crippen molar-refractivity contribution in [2.45, 2.75) is 6.04 Å². The Bertz CT molecular complexity index is 265. The molecule has 1 aromatic rings. The summed E-state index contributed by atoms with van der Waals surface area (Å²) in [6.07, 6.45) is 3.39. The highest BCUT2D eigenvalue weighted by molar-refractivity contribution is 9.10. The van der Waals surface area contributed by atoms with Gasteiger partial charge in [-0.3, -0.25) is 0 Å². The molecule has 1 heterocycles. The van der Waals surface area contributed by atoms with E-state index in [0.717, 1.165) is 10.2 Å². The van der Waals surface area contributed by atoms with E-state index in [4.69, 9.17) is 5.73 Å². The molecule has 0 bridgehead atoms. The summed E-state index contributed by atoms with van der Waals surface area (Å²) >= 11 is 3.30. The van der Waals surface area contributed by atoms with Gasteiger partial charge in [0.05, 0.1) is 6.04 Å². The smallest absolute Gasteiger partial charge is 0.111 e. The van der Waals surface area contributed by atoms with Gasteiger partial charge in [0.15, 0.2) is 0 Å². The second-order valence-corrected chi connectivity index (χ2v) is 2.90. The first kappa shape index (κ1) is 11.6. The number of hydrogen-bond donors (Lipinski definition) is 1. The lowest BCUT2D eigenvalue weighted by Gasteiger charge is -2.06. The molecule has 1 rings (SSSR count). The van der Waals surface area contributed by atoms with Crippen molar-refractivity contribution in [3.63, 3.8) is 0 Å². The fourth-order valence-corrected chi connectivity index (χ4v) is 1.29. The number of rotatable bonds is 2. The Balaban J connectivity index is 0.00000121. The predicted molar refractivity (Wildman–Crippen MR) is 56.3 cm³/mol. The molecule has 0 amide bonds. The minimum absolute atomic E-state index is 0. The summed E-state index contributed by atoms with van der Waals surface area (Å²) in [7, 11) is 0. The van der Waals surface area contributed by atoms with Gasteiger partial charge in [-0.2, -0.15) is 0 Å². The average molecular weight is 250 g/mol. The summed E-state index contributed by atoms with van der Waals surface area (Å²) in [6.45, 7) is 3.60. The van der Waals surface area contributed by atoms with E-state index in [-0.39, 0.29) is 18.4 Å². The second-order valence-electron chi connectivity index (χ2n) is 2.14. The standard InChI is InChI=1S/C8H9BrN2.ClH/c1-2-7(10)6-4-3-5-11-8(6)9;/h2-5,7H,1,10H2;1H/t7-;/m1./s1. The fraction of sp³-hybridized carbons (Fsp3) is 0.125. The van der Waals surface area contributed by atoms with Crippen molar-refractivity contribution in [3.8, 4) is 0 Å². The first-order valence-electron chi connectivity index (χ1n) is 3.24. The second kappa shape index (κ2) is 5.30. The molecular weight excluding hydrogens is 239 g/mol. The highest BCUT2D eigenvalue weighted by Gasteiger charge is 2.04. The van der Waals surface area contributed by atoms with Crippen LogP contribution in [0.25, 0.3) is 0 Å². The van der Waals surface area contributed by atoms with Crippen LogP contribution in [0.5, 0.6) is 0 Å². The van der Waals surface area contributed by atoms with Crippen LogP contribution in [-0.4, -0.2) is 4.98 Å². The minimum Gasteiger partial charge on any atom is -0.321 e. The van der Waals surface area contributed by atoms with Crippen LogP contribution in [0.2, 0.25) is 0 Å². The number of nitrogens with zero attached hydrogens (tertiary/aromatic N) is 1. The van der Waals surface area contributed by atoms with E-state index < -0.39 is 0 Å².